The van der Waals surface area contributed by atoms with Crippen molar-refractivity contribution >= 4 is 5.97 Å². The number of benzene rings is 1. The van der Waals surface area contributed by atoms with Gasteiger partial charge in [0.2, 0.25) is 0 Å². The number of fused-ring (bicyclic) bond motifs is 1. The second-order valence-electron chi connectivity index (χ2n) is 4.50. The minimum Gasteiger partial charge on any atom is -0.481 e. The first-order chi connectivity index (χ1) is 7.58. The van der Waals surface area contributed by atoms with E-state index in [1.807, 2.05) is 0 Å². The van der Waals surface area contributed by atoms with Crippen molar-refractivity contribution in [1.82, 2.24) is 5.32 Å². The predicted octanol–water partition coefficient (Wildman–Crippen LogP) is 1.96. The molecule has 0 amide bonds. The van der Waals surface area contributed by atoms with E-state index >= 15 is 0 Å². The van der Waals surface area contributed by atoms with Crippen molar-refractivity contribution in [1.29, 1.82) is 0 Å². The van der Waals surface area contributed by atoms with Gasteiger partial charge in [0.05, 0.1) is 6.42 Å². The van der Waals surface area contributed by atoms with E-state index in [2.05, 4.69) is 31.3 Å². The molecule has 0 aliphatic carbocycles. The highest BCUT2D eigenvalue weighted by molar-refractivity contribution is 5.68. The third kappa shape index (κ3) is 2.09. The van der Waals surface area contributed by atoms with Crippen molar-refractivity contribution in [2.45, 2.75) is 32.7 Å². The molecule has 0 bridgehead atoms. The van der Waals surface area contributed by atoms with Crippen LogP contribution in [0.25, 0.3) is 0 Å². The average molecular weight is 219 g/mol. The molecule has 0 radical (unpaired) electrons. The van der Waals surface area contributed by atoms with E-state index in [9.17, 15) is 4.79 Å². The lowest BCUT2D eigenvalue weighted by Crippen LogP contribution is -2.32. The van der Waals surface area contributed by atoms with Crippen LogP contribution in [0.3, 0.4) is 0 Å². The van der Waals surface area contributed by atoms with Gasteiger partial charge >= 0.3 is 5.97 Å². The van der Waals surface area contributed by atoms with E-state index in [4.69, 9.17) is 5.11 Å². The number of aliphatic carboxylic acids is 1. The zero-order valence-electron chi connectivity index (χ0n) is 9.71. The largest absolute Gasteiger partial charge is 0.481 e. The van der Waals surface area contributed by atoms with Crippen LogP contribution in [0.15, 0.2) is 12.1 Å². The van der Waals surface area contributed by atoms with Gasteiger partial charge in [0.25, 0.3) is 0 Å². The summed E-state index contributed by atoms with van der Waals surface area (Å²) in [4.78, 5) is 10.8. The van der Waals surface area contributed by atoms with Gasteiger partial charge in [0, 0.05) is 6.04 Å². The van der Waals surface area contributed by atoms with Crippen molar-refractivity contribution < 1.29 is 9.90 Å². The summed E-state index contributed by atoms with van der Waals surface area (Å²) in [5, 5.41) is 12.2. The second kappa shape index (κ2) is 4.26. The summed E-state index contributed by atoms with van der Waals surface area (Å²) in [5.41, 5.74) is 4.99. The quantitative estimate of drug-likeness (QED) is 0.799. The molecular weight excluding hydrogens is 202 g/mol. The number of rotatable bonds is 2. The number of carbonyl (C=O) groups is 1. The summed E-state index contributed by atoms with van der Waals surface area (Å²) in [6, 6.07) is 4.25. The van der Waals surface area contributed by atoms with Crippen molar-refractivity contribution in [3.05, 3.63) is 34.4 Å². The van der Waals surface area contributed by atoms with Gasteiger partial charge < -0.3 is 10.4 Å². The Morgan fingerprint density at radius 3 is 2.94 bits per heavy atom. The van der Waals surface area contributed by atoms with Crippen LogP contribution in [-0.4, -0.2) is 17.6 Å². The van der Waals surface area contributed by atoms with Gasteiger partial charge in [-0.05, 0) is 43.5 Å². The Labute approximate surface area is 95.5 Å². The highest BCUT2D eigenvalue weighted by Crippen LogP contribution is 2.28. The lowest BCUT2D eigenvalue weighted by molar-refractivity contribution is -0.137. The standard InChI is InChI=1S/C13H17NO2/c1-8-5-9(2)10-3-4-14-12(7-13(15)16)11(10)6-8/h5-6,12,14H,3-4,7H2,1-2H3,(H,15,16). The average Bonchev–Trinajstić information content (AvgIpc) is 2.18. The van der Waals surface area contributed by atoms with Crippen LogP contribution in [0.4, 0.5) is 0 Å². The summed E-state index contributed by atoms with van der Waals surface area (Å²) in [6.07, 6.45) is 1.16. The molecule has 1 atom stereocenters. The number of hydrogen-bond acceptors (Lipinski definition) is 2. The van der Waals surface area contributed by atoms with Crippen molar-refractivity contribution in [2.24, 2.45) is 0 Å². The van der Waals surface area contributed by atoms with E-state index in [0.29, 0.717) is 0 Å². The predicted molar refractivity (Wildman–Crippen MR) is 62.6 cm³/mol. The zero-order valence-corrected chi connectivity index (χ0v) is 9.71. The van der Waals surface area contributed by atoms with Gasteiger partial charge in [-0.1, -0.05) is 17.7 Å². The number of nitrogens with one attached hydrogen (secondary N) is 1. The molecule has 1 aliphatic rings. The van der Waals surface area contributed by atoms with Crippen LogP contribution < -0.4 is 5.32 Å². The minimum absolute atomic E-state index is 0.0279. The van der Waals surface area contributed by atoms with E-state index in [1.165, 1.54) is 22.3 Å². The fourth-order valence-electron chi connectivity index (χ4n) is 2.52. The third-order valence-corrected chi connectivity index (χ3v) is 3.17. The lowest BCUT2D eigenvalue weighted by Gasteiger charge is -2.27. The Hall–Kier alpha value is -1.35. The lowest BCUT2D eigenvalue weighted by atomic mass is 9.88. The van der Waals surface area contributed by atoms with Crippen molar-refractivity contribution in [2.75, 3.05) is 6.54 Å². The molecule has 0 saturated carbocycles. The molecule has 1 aliphatic heterocycles. The summed E-state index contributed by atoms with van der Waals surface area (Å²) in [5.74, 6) is -0.746. The normalized spacial score (nSPS) is 19.2. The fourth-order valence-corrected chi connectivity index (χ4v) is 2.52. The summed E-state index contributed by atoms with van der Waals surface area (Å²) in [6.45, 7) is 5.03. The molecule has 0 saturated heterocycles. The molecule has 1 aromatic rings. The molecule has 2 rings (SSSR count). The smallest absolute Gasteiger partial charge is 0.305 e. The number of carboxylic acid groups (broad SMARTS) is 1. The summed E-state index contributed by atoms with van der Waals surface area (Å²) < 4.78 is 0. The molecule has 1 aromatic carbocycles. The van der Waals surface area contributed by atoms with E-state index in [1.54, 1.807) is 0 Å². The van der Waals surface area contributed by atoms with Crippen molar-refractivity contribution in [3.8, 4) is 0 Å². The van der Waals surface area contributed by atoms with Crippen LogP contribution >= 0.6 is 0 Å². The van der Waals surface area contributed by atoms with Gasteiger partial charge in [-0.15, -0.1) is 0 Å². The number of aryl methyl sites for hydroxylation is 2. The van der Waals surface area contributed by atoms with E-state index in [0.717, 1.165) is 13.0 Å². The molecule has 3 heteroatoms. The maximum Gasteiger partial charge on any atom is 0.305 e. The maximum atomic E-state index is 10.8. The third-order valence-electron chi connectivity index (χ3n) is 3.17. The Morgan fingerprint density at radius 2 is 2.25 bits per heavy atom. The molecule has 1 unspecified atom stereocenters. The first kappa shape index (κ1) is 11.1. The van der Waals surface area contributed by atoms with Crippen LogP contribution in [0.2, 0.25) is 0 Å². The van der Waals surface area contributed by atoms with Gasteiger partial charge in [0.1, 0.15) is 0 Å². The number of carboxylic acids is 1. The minimum atomic E-state index is -0.746. The van der Waals surface area contributed by atoms with Gasteiger partial charge in [-0.25, -0.2) is 0 Å². The topological polar surface area (TPSA) is 49.3 Å². The van der Waals surface area contributed by atoms with Gasteiger partial charge in [0.15, 0.2) is 0 Å². The maximum absolute atomic E-state index is 10.8. The molecule has 0 aromatic heterocycles. The first-order valence-electron chi connectivity index (χ1n) is 5.63. The molecule has 86 valence electrons. The van der Waals surface area contributed by atoms with Crippen LogP contribution in [0.5, 0.6) is 0 Å². The van der Waals surface area contributed by atoms with Gasteiger partial charge in [-0.2, -0.15) is 0 Å². The summed E-state index contributed by atoms with van der Waals surface area (Å²) in [7, 11) is 0. The Morgan fingerprint density at radius 1 is 1.50 bits per heavy atom. The fraction of sp³-hybridized carbons (Fsp3) is 0.462. The summed E-state index contributed by atoms with van der Waals surface area (Å²) >= 11 is 0. The van der Waals surface area contributed by atoms with E-state index in [-0.39, 0.29) is 12.5 Å². The Bertz CT molecular complexity index is 426. The van der Waals surface area contributed by atoms with Gasteiger partial charge in [-0.3, -0.25) is 4.79 Å². The SMILES string of the molecule is Cc1cc(C)c2c(c1)C(CC(=O)O)NCC2. The first-order valence-corrected chi connectivity index (χ1v) is 5.63. The molecule has 16 heavy (non-hydrogen) atoms. The monoisotopic (exact) mass is 219 g/mol. The molecular formula is C13H17NO2. The molecule has 2 N–H and O–H groups in total. The van der Waals surface area contributed by atoms with Crippen LogP contribution in [0.1, 0.15) is 34.7 Å². The zero-order chi connectivity index (χ0) is 11.7. The number of hydrogen-bond donors (Lipinski definition) is 2. The highest BCUT2D eigenvalue weighted by atomic mass is 16.4. The van der Waals surface area contributed by atoms with E-state index < -0.39 is 5.97 Å². The van der Waals surface area contributed by atoms with Crippen LogP contribution in [-0.2, 0) is 11.2 Å². The Balaban J connectivity index is 2.41. The van der Waals surface area contributed by atoms with Crippen molar-refractivity contribution in [3.63, 3.8) is 0 Å². The Kier molecular flexibility index (Phi) is 2.97. The molecule has 0 spiro atoms. The highest BCUT2D eigenvalue weighted by Gasteiger charge is 2.23. The van der Waals surface area contributed by atoms with Crippen LogP contribution in [0, 0.1) is 13.8 Å². The molecule has 0 fully saturated rings. The second-order valence-corrected chi connectivity index (χ2v) is 4.50. The molecule has 1 heterocycles. The molecule has 3 nitrogen and oxygen atoms in total.